The zero-order chi connectivity index (χ0) is 14.1. The largest absolute Gasteiger partial charge is 0.376 e. The molecule has 2 heterocycles. The Bertz CT molecular complexity index is 486. The number of hydrogen-bond acceptors (Lipinski definition) is 3. The highest BCUT2D eigenvalue weighted by molar-refractivity contribution is 5.24. The molecule has 1 aromatic heterocycles. The summed E-state index contributed by atoms with van der Waals surface area (Å²) in [7, 11) is 0. The molecule has 2 saturated carbocycles. The fourth-order valence-corrected chi connectivity index (χ4v) is 3.84. The average Bonchev–Trinajstić information content (AvgIpc) is 3.31. The summed E-state index contributed by atoms with van der Waals surface area (Å²) in [6.45, 7) is 3.91. The Kier molecular flexibility index (Phi) is 3.99. The Morgan fingerprint density at radius 2 is 2.00 bits per heavy atom. The van der Waals surface area contributed by atoms with Gasteiger partial charge in [0.15, 0.2) is 0 Å². The number of ether oxygens (including phenoxy) is 1. The van der Waals surface area contributed by atoms with E-state index in [4.69, 9.17) is 9.72 Å². The summed E-state index contributed by atoms with van der Waals surface area (Å²) in [5.74, 6) is 2.07. The fraction of sp³-hybridized carbons (Fsp3) is 0.824. The van der Waals surface area contributed by atoms with E-state index in [1.165, 1.54) is 62.2 Å². The van der Waals surface area contributed by atoms with E-state index in [-0.39, 0.29) is 0 Å². The molecule has 1 aromatic rings. The predicted molar refractivity (Wildman–Crippen MR) is 82.4 cm³/mol. The van der Waals surface area contributed by atoms with E-state index < -0.39 is 0 Å². The van der Waals surface area contributed by atoms with Crippen LogP contribution in [0, 0.1) is 0 Å². The van der Waals surface area contributed by atoms with Gasteiger partial charge in [0, 0.05) is 37.7 Å². The zero-order valence-electron chi connectivity index (χ0n) is 12.9. The second-order valence-electron chi connectivity index (χ2n) is 6.85. The lowest BCUT2D eigenvalue weighted by Crippen LogP contribution is -2.26. The molecular weight excluding hydrogens is 262 g/mol. The van der Waals surface area contributed by atoms with E-state index in [0.717, 1.165) is 38.6 Å². The van der Waals surface area contributed by atoms with Gasteiger partial charge in [0.2, 0.25) is 0 Å². The van der Waals surface area contributed by atoms with Crippen LogP contribution >= 0.6 is 0 Å². The second-order valence-corrected chi connectivity index (χ2v) is 6.85. The summed E-state index contributed by atoms with van der Waals surface area (Å²) in [6.07, 6.45) is 10.9. The van der Waals surface area contributed by atoms with Crippen LogP contribution < -0.4 is 5.32 Å². The van der Waals surface area contributed by atoms with Gasteiger partial charge in [0.25, 0.3) is 0 Å². The quantitative estimate of drug-likeness (QED) is 0.906. The maximum atomic E-state index is 6.14. The highest BCUT2D eigenvalue weighted by Crippen LogP contribution is 2.40. The fourth-order valence-electron chi connectivity index (χ4n) is 3.84. The summed E-state index contributed by atoms with van der Waals surface area (Å²) in [4.78, 5) is 4.92. The topological polar surface area (TPSA) is 39.1 Å². The molecule has 4 nitrogen and oxygen atoms in total. The van der Waals surface area contributed by atoms with E-state index in [0.29, 0.717) is 6.10 Å². The first-order valence-electron chi connectivity index (χ1n) is 8.82. The van der Waals surface area contributed by atoms with Gasteiger partial charge in [-0.1, -0.05) is 19.3 Å². The van der Waals surface area contributed by atoms with E-state index in [1.54, 1.807) is 0 Å². The molecule has 3 aliphatic rings. The molecule has 2 aliphatic carbocycles. The molecule has 4 rings (SSSR count). The van der Waals surface area contributed by atoms with Crippen molar-refractivity contribution in [1.29, 1.82) is 0 Å². The van der Waals surface area contributed by atoms with Gasteiger partial charge in [-0.2, -0.15) is 0 Å². The number of aromatic nitrogens is 2. The molecule has 0 bridgehead atoms. The molecule has 0 saturated heterocycles. The number of nitrogens with zero attached hydrogens (tertiary/aromatic N) is 2. The lowest BCUT2D eigenvalue weighted by molar-refractivity contribution is 0.0235. The normalized spacial score (nSPS) is 23.2. The summed E-state index contributed by atoms with van der Waals surface area (Å²) in [6, 6.07) is 0. The minimum atomic E-state index is 0.518. The van der Waals surface area contributed by atoms with Crippen LogP contribution in [0.1, 0.15) is 68.1 Å². The van der Waals surface area contributed by atoms with Crippen LogP contribution in [0.15, 0.2) is 0 Å². The van der Waals surface area contributed by atoms with Crippen molar-refractivity contribution in [3.05, 3.63) is 17.2 Å². The standard InChI is InChI=1S/C17H27N3O/c1-2-4-14(5-3-1)21-11-10-20-16-8-9-18-12-15(16)19-17(20)13-6-7-13/h13-14,18H,1-12H2. The zero-order valence-corrected chi connectivity index (χ0v) is 12.9. The van der Waals surface area contributed by atoms with Crippen LogP contribution in [0.5, 0.6) is 0 Å². The highest BCUT2D eigenvalue weighted by atomic mass is 16.5. The van der Waals surface area contributed by atoms with Crippen LogP contribution in [-0.2, 0) is 24.2 Å². The van der Waals surface area contributed by atoms with Gasteiger partial charge in [-0.25, -0.2) is 4.98 Å². The third-order valence-electron chi connectivity index (χ3n) is 5.18. The number of nitrogens with one attached hydrogen (secondary N) is 1. The smallest absolute Gasteiger partial charge is 0.112 e. The molecule has 2 fully saturated rings. The van der Waals surface area contributed by atoms with Gasteiger partial charge in [0.05, 0.1) is 18.4 Å². The summed E-state index contributed by atoms with van der Waals surface area (Å²) < 4.78 is 8.63. The molecule has 4 heteroatoms. The lowest BCUT2D eigenvalue weighted by atomic mass is 9.98. The maximum absolute atomic E-state index is 6.14. The predicted octanol–water partition coefficient (Wildman–Crippen LogP) is 2.76. The van der Waals surface area contributed by atoms with Crippen molar-refractivity contribution in [3.63, 3.8) is 0 Å². The van der Waals surface area contributed by atoms with Crippen molar-refractivity contribution in [1.82, 2.24) is 14.9 Å². The van der Waals surface area contributed by atoms with Gasteiger partial charge in [0.1, 0.15) is 5.82 Å². The van der Waals surface area contributed by atoms with Crippen molar-refractivity contribution >= 4 is 0 Å². The summed E-state index contributed by atoms with van der Waals surface area (Å²) in [5, 5.41) is 3.44. The number of imidazole rings is 1. The van der Waals surface area contributed by atoms with Gasteiger partial charge in [-0.15, -0.1) is 0 Å². The number of rotatable bonds is 5. The van der Waals surface area contributed by atoms with E-state index >= 15 is 0 Å². The molecule has 0 aromatic carbocycles. The lowest BCUT2D eigenvalue weighted by Gasteiger charge is -2.23. The number of fused-ring (bicyclic) bond motifs is 1. The number of hydrogen-bond donors (Lipinski definition) is 1. The summed E-state index contributed by atoms with van der Waals surface area (Å²) in [5.41, 5.74) is 2.77. The van der Waals surface area contributed by atoms with Crippen molar-refractivity contribution in [2.75, 3.05) is 13.2 Å². The van der Waals surface area contributed by atoms with Crippen LogP contribution in [0.25, 0.3) is 0 Å². The maximum Gasteiger partial charge on any atom is 0.112 e. The molecule has 1 aliphatic heterocycles. The van der Waals surface area contributed by atoms with Crippen molar-refractivity contribution in [3.8, 4) is 0 Å². The highest BCUT2D eigenvalue weighted by Gasteiger charge is 2.31. The van der Waals surface area contributed by atoms with Crippen molar-refractivity contribution in [2.45, 2.75) is 76.5 Å². The Morgan fingerprint density at radius 1 is 1.14 bits per heavy atom. The first-order chi connectivity index (χ1) is 10.4. The SMILES string of the molecule is C1CCC(OCCn2c(C3CC3)nc3c2CCNC3)CC1. The van der Waals surface area contributed by atoms with Gasteiger partial charge >= 0.3 is 0 Å². The van der Waals surface area contributed by atoms with E-state index in [2.05, 4.69) is 9.88 Å². The Labute approximate surface area is 127 Å². The third-order valence-corrected chi connectivity index (χ3v) is 5.18. The van der Waals surface area contributed by atoms with Gasteiger partial charge in [-0.3, -0.25) is 0 Å². The molecule has 0 atom stereocenters. The minimum absolute atomic E-state index is 0.518. The average molecular weight is 289 g/mol. The van der Waals surface area contributed by atoms with Crippen molar-refractivity contribution in [2.24, 2.45) is 0 Å². The first-order valence-corrected chi connectivity index (χ1v) is 8.82. The Morgan fingerprint density at radius 3 is 2.81 bits per heavy atom. The van der Waals surface area contributed by atoms with Crippen LogP contribution in [-0.4, -0.2) is 28.8 Å². The van der Waals surface area contributed by atoms with E-state index in [1.807, 2.05) is 0 Å². The van der Waals surface area contributed by atoms with Crippen LogP contribution in [0.3, 0.4) is 0 Å². The second kappa shape index (κ2) is 6.09. The first kappa shape index (κ1) is 13.8. The minimum Gasteiger partial charge on any atom is -0.376 e. The third kappa shape index (κ3) is 3.02. The molecule has 0 spiro atoms. The van der Waals surface area contributed by atoms with Gasteiger partial charge in [-0.05, 0) is 25.7 Å². The molecule has 0 amide bonds. The Hall–Kier alpha value is -0.870. The summed E-state index contributed by atoms with van der Waals surface area (Å²) >= 11 is 0. The molecule has 1 N–H and O–H groups in total. The molecule has 0 radical (unpaired) electrons. The molecule has 116 valence electrons. The van der Waals surface area contributed by atoms with Crippen LogP contribution in [0.4, 0.5) is 0 Å². The van der Waals surface area contributed by atoms with Crippen LogP contribution in [0.2, 0.25) is 0 Å². The Balaban J connectivity index is 1.42. The van der Waals surface area contributed by atoms with Gasteiger partial charge < -0.3 is 14.6 Å². The van der Waals surface area contributed by atoms with E-state index in [9.17, 15) is 0 Å². The van der Waals surface area contributed by atoms with Crippen molar-refractivity contribution < 1.29 is 4.74 Å². The monoisotopic (exact) mass is 289 g/mol. The molecule has 0 unspecified atom stereocenters. The molecular formula is C17H27N3O. The molecule has 21 heavy (non-hydrogen) atoms.